The van der Waals surface area contributed by atoms with Gasteiger partial charge in [0.2, 0.25) is 0 Å². The summed E-state index contributed by atoms with van der Waals surface area (Å²) in [6, 6.07) is 5.62. The number of nitrogens with zero attached hydrogens (tertiary/aromatic N) is 1. The normalized spacial score (nSPS) is 10.3. The van der Waals surface area contributed by atoms with Crippen LogP contribution < -0.4 is 19.5 Å². The van der Waals surface area contributed by atoms with E-state index in [0.29, 0.717) is 28.6 Å². The molecule has 1 N–H and O–H groups in total. The van der Waals surface area contributed by atoms with Crippen molar-refractivity contribution in [1.82, 2.24) is 0 Å². The molecule has 2 aromatic rings. The molecule has 0 unspecified atom stereocenters. The molecule has 0 heterocycles. The van der Waals surface area contributed by atoms with Crippen LogP contribution in [0.25, 0.3) is 0 Å². The molecule has 0 radical (unpaired) electrons. The Kier molecular flexibility index (Phi) is 6.46. The van der Waals surface area contributed by atoms with Crippen molar-refractivity contribution in [2.24, 2.45) is 0 Å². The number of carbonyl (C=O) groups is 1. The molecule has 8 nitrogen and oxygen atoms in total. The van der Waals surface area contributed by atoms with E-state index in [-0.39, 0.29) is 17.1 Å². The highest BCUT2D eigenvalue weighted by Crippen LogP contribution is 2.36. The largest absolute Gasteiger partial charge is 0.495 e. The Morgan fingerprint density at radius 2 is 1.81 bits per heavy atom. The Morgan fingerprint density at radius 1 is 1.15 bits per heavy atom. The number of aryl methyl sites for hydroxylation is 1. The van der Waals surface area contributed by atoms with E-state index in [1.54, 1.807) is 26.0 Å². The average Bonchev–Trinajstić information content (AvgIpc) is 2.64. The maximum atomic E-state index is 12.8. The van der Waals surface area contributed by atoms with E-state index >= 15 is 0 Å². The second kappa shape index (κ2) is 8.59. The topological polar surface area (TPSA) is 99.9 Å². The van der Waals surface area contributed by atoms with Gasteiger partial charge in [-0.2, -0.15) is 0 Å². The fourth-order valence-electron chi connectivity index (χ4n) is 2.43. The quantitative estimate of drug-likeness (QED) is 0.557. The molecule has 0 aliphatic heterocycles. The highest BCUT2D eigenvalue weighted by atomic mass is 35.5. The summed E-state index contributed by atoms with van der Waals surface area (Å²) >= 11 is 6.06. The Bertz CT molecular complexity index is 885. The number of methoxy groups -OCH3 is 2. The molecule has 0 bridgehead atoms. The minimum absolute atomic E-state index is 0.167. The van der Waals surface area contributed by atoms with E-state index in [1.165, 1.54) is 20.3 Å². The molecule has 1 amide bonds. The molecule has 0 saturated carbocycles. The average molecular weight is 395 g/mol. The van der Waals surface area contributed by atoms with Crippen molar-refractivity contribution in [3.63, 3.8) is 0 Å². The second-order valence-electron chi connectivity index (χ2n) is 5.47. The number of carbonyl (C=O) groups excluding carboxylic acids is 1. The van der Waals surface area contributed by atoms with E-state index < -0.39 is 16.5 Å². The number of hydrogen-bond donors (Lipinski definition) is 1. The van der Waals surface area contributed by atoms with Crippen LogP contribution in [-0.2, 0) is 0 Å². The van der Waals surface area contributed by atoms with Crippen molar-refractivity contribution in [2.75, 3.05) is 26.1 Å². The van der Waals surface area contributed by atoms with E-state index in [9.17, 15) is 14.9 Å². The SMILES string of the molecule is CCOc1cc(C(=O)Nc2cc(C)c(Cl)cc2OC)c([N+](=O)[O-])cc1OC. The predicted molar refractivity (Wildman–Crippen MR) is 102 cm³/mol. The molecule has 0 aliphatic rings. The first-order chi connectivity index (χ1) is 12.8. The Hall–Kier alpha value is -3.00. The lowest BCUT2D eigenvalue weighted by Crippen LogP contribution is -2.15. The van der Waals surface area contributed by atoms with Crippen molar-refractivity contribution in [3.8, 4) is 17.2 Å². The van der Waals surface area contributed by atoms with Crippen LogP contribution in [0.15, 0.2) is 24.3 Å². The van der Waals surface area contributed by atoms with Gasteiger partial charge in [-0.15, -0.1) is 0 Å². The summed E-state index contributed by atoms with van der Waals surface area (Å²) in [7, 11) is 2.79. The third-order valence-corrected chi connectivity index (χ3v) is 4.16. The summed E-state index contributed by atoms with van der Waals surface area (Å²) in [4.78, 5) is 23.5. The molecule has 0 atom stereocenters. The fourth-order valence-corrected chi connectivity index (χ4v) is 2.58. The van der Waals surface area contributed by atoms with E-state index in [4.69, 9.17) is 25.8 Å². The van der Waals surface area contributed by atoms with Gasteiger partial charge < -0.3 is 19.5 Å². The van der Waals surface area contributed by atoms with Crippen molar-refractivity contribution in [1.29, 1.82) is 0 Å². The molecule has 2 rings (SSSR count). The minimum Gasteiger partial charge on any atom is -0.495 e. The maximum absolute atomic E-state index is 12.8. The molecule has 144 valence electrons. The number of amides is 1. The monoisotopic (exact) mass is 394 g/mol. The molecule has 0 spiro atoms. The van der Waals surface area contributed by atoms with Crippen LogP contribution in [0.1, 0.15) is 22.8 Å². The first-order valence-electron chi connectivity index (χ1n) is 7.97. The van der Waals surface area contributed by atoms with Crippen LogP contribution in [0.2, 0.25) is 5.02 Å². The van der Waals surface area contributed by atoms with Gasteiger partial charge in [0, 0.05) is 17.2 Å². The zero-order chi connectivity index (χ0) is 20.1. The highest BCUT2D eigenvalue weighted by Gasteiger charge is 2.25. The summed E-state index contributed by atoms with van der Waals surface area (Å²) in [5.41, 5.74) is 0.482. The number of ether oxygens (including phenoxy) is 3. The molecule has 0 aliphatic carbocycles. The number of nitro benzene ring substituents is 1. The summed E-state index contributed by atoms with van der Waals surface area (Å²) in [5.74, 6) is 0.0421. The number of hydrogen-bond acceptors (Lipinski definition) is 6. The van der Waals surface area contributed by atoms with E-state index in [2.05, 4.69) is 5.32 Å². The van der Waals surface area contributed by atoms with Gasteiger partial charge in [0.1, 0.15) is 11.3 Å². The Morgan fingerprint density at radius 3 is 2.37 bits per heavy atom. The molecule has 0 saturated heterocycles. The molecular formula is C18H19ClN2O6. The smallest absolute Gasteiger partial charge is 0.286 e. The zero-order valence-corrected chi connectivity index (χ0v) is 16.0. The van der Waals surface area contributed by atoms with Crippen LogP contribution >= 0.6 is 11.6 Å². The van der Waals surface area contributed by atoms with Crippen LogP contribution in [0.3, 0.4) is 0 Å². The van der Waals surface area contributed by atoms with Gasteiger partial charge in [-0.25, -0.2) is 0 Å². The van der Waals surface area contributed by atoms with Crippen LogP contribution in [-0.4, -0.2) is 31.7 Å². The lowest BCUT2D eigenvalue weighted by molar-refractivity contribution is -0.385. The van der Waals surface area contributed by atoms with Gasteiger partial charge in [-0.05, 0) is 25.5 Å². The lowest BCUT2D eigenvalue weighted by atomic mass is 10.1. The van der Waals surface area contributed by atoms with Gasteiger partial charge in [0.25, 0.3) is 11.6 Å². The van der Waals surface area contributed by atoms with Crippen molar-refractivity contribution in [3.05, 3.63) is 50.5 Å². The van der Waals surface area contributed by atoms with Crippen molar-refractivity contribution >= 4 is 28.9 Å². The summed E-state index contributed by atoms with van der Waals surface area (Å²) in [6.07, 6.45) is 0. The zero-order valence-electron chi connectivity index (χ0n) is 15.3. The third kappa shape index (κ3) is 4.40. The van der Waals surface area contributed by atoms with Gasteiger partial charge >= 0.3 is 0 Å². The van der Waals surface area contributed by atoms with Crippen LogP contribution in [0.4, 0.5) is 11.4 Å². The Balaban J connectivity index is 2.50. The van der Waals surface area contributed by atoms with E-state index in [1.807, 2.05) is 0 Å². The van der Waals surface area contributed by atoms with Crippen molar-refractivity contribution < 1.29 is 23.9 Å². The fraction of sp³-hybridized carbons (Fsp3) is 0.278. The summed E-state index contributed by atoms with van der Waals surface area (Å²) in [6.45, 7) is 3.82. The predicted octanol–water partition coefficient (Wildman–Crippen LogP) is 4.22. The maximum Gasteiger partial charge on any atom is 0.286 e. The Labute approximate surface area is 161 Å². The molecule has 27 heavy (non-hydrogen) atoms. The lowest BCUT2D eigenvalue weighted by Gasteiger charge is -2.14. The number of halogens is 1. The standard InChI is InChI=1S/C18H19ClN2O6/c1-5-27-17-7-11(14(21(23)24)9-16(17)26-4)18(22)20-13-6-10(2)12(19)8-15(13)25-3/h6-9H,5H2,1-4H3,(H,20,22). The molecular weight excluding hydrogens is 376 g/mol. The van der Waals surface area contributed by atoms with Gasteiger partial charge in [0.05, 0.1) is 37.5 Å². The first-order valence-corrected chi connectivity index (χ1v) is 8.34. The van der Waals surface area contributed by atoms with Gasteiger partial charge in [-0.1, -0.05) is 11.6 Å². The van der Waals surface area contributed by atoms with Gasteiger partial charge in [0.15, 0.2) is 11.5 Å². The number of rotatable bonds is 7. The third-order valence-electron chi connectivity index (χ3n) is 3.75. The number of benzene rings is 2. The van der Waals surface area contributed by atoms with Gasteiger partial charge in [-0.3, -0.25) is 14.9 Å². The summed E-state index contributed by atoms with van der Waals surface area (Å²) in [5, 5.41) is 14.5. The molecule has 0 aromatic heterocycles. The van der Waals surface area contributed by atoms with Crippen LogP contribution in [0.5, 0.6) is 17.2 Å². The highest BCUT2D eigenvalue weighted by molar-refractivity contribution is 6.31. The first kappa shape index (κ1) is 20.3. The minimum atomic E-state index is -0.690. The van der Waals surface area contributed by atoms with Crippen molar-refractivity contribution in [2.45, 2.75) is 13.8 Å². The van der Waals surface area contributed by atoms with Crippen LogP contribution in [0, 0.1) is 17.0 Å². The van der Waals surface area contributed by atoms with E-state index in [0.717, 1.165) is 6.07 Å². The molecule has 0 fully saturated rings. The number of anilines is 1. The molecule has 2 aromatic carbocycles. The number of nitro groups is 1. The molecule has 9 heteroatoms. The number of nitrogens with one attached hydrogen (secondary N) is 1. The second-order valence-corrected chi connectivity index (χ2v) is 5.87. The summed E-state index contributed by atoms with van der Waals surface area (Å²) < 4.78 is 15.7.